The number of hydrogen-bond donors (Lipinski definition) is 1. The quantitative estimate of drug-likeness (QED) is 0.753. The van der Waals surface area contributed by atoms with E-state index < -0.39 is 5.97 Å². The van der Waals surface area contributed by atoms with Crippen molar-refractivity contribution in [3.8, 4) is 0 Å². The second-order valence-electron chi connectivity index (χ2n) is 4.50. The van der Waals surface area contributed by atoms with Crippen LogP contribution in [0.4, 0.5) is 0 Å². The Morgan fingerprint density at radius 3 is 2.50 bits per heavy atom. The van der Waals surface area contributed by atoms with Gasteiger partial charge in [0.25, 0.3) is 0 Å². The normalized spacial score (nSPS) is 22.1. The van der Waals surface area contributed by atoms with Gasteiger partial charge in [0.15, 0.2) is 6.29 Å². The van der Waals surface area contributed by atoms with E-state index in [-0.39, 0.29) is 18.1 Å². The average molecular weight is 202 g/mol. The van der Waals surface area contributed by atoms with Crippen LogP contribution in [0.5, 0.6) is 0 Å². The molecule has 0 atom stereocenters. The Bertz CT molecular complexity index is 190. The van der Waals surface area contributed by atoms with Gasteiger partial charge in [0, 0.05) is 11.8 Å². The van der Waals surface area contributed by atoms with Crippen molar-refractivity contribution in [2.24, 2.45) is 5.41 Å². The van der Waals surface area contributed by atoms with Crippen molar-refractivity contribution < 1.29 is 19.4 Å². The molecule has 0 aromatic rings. The summed E-state index contributed by atoms with van der Waals surface area (Å²) in [4.78, 5) is 10.3. The first-order valence-electron chi connectivity index (χ1n) is 4.95. The summed E-state index contributed by atoms with van der Waals surface area (Å²) in [6.45, 7) is 5.54. The first kappa shape index (κ1) is 11.5. The SMILES string of the molecule is CC1(C)COC(CCCC(=O)O)OC1. The predicted molar refractivity (Wildman–Crippen MR) is 51.0 cm³/mol. The number of rotatable bonds is 4. The minimum absolute atomic E-state index is 0.0866. The molecular weight excluding hydrogens is 184 g/mol. The van der Waals surface area contributed by atoms with Crippen LogP contribution in [0.2, 0.25) is 0 Å². The number of ether oxygens (including phenoxy) is 2. The standard InChI is InChI=1S/C10H18O4/c1-10(2)6-13-9(14-7-10)5-3-4-8(11)12/h9H,3-7H2,1-2H3,(H,11,12). The average Bonchev–Trinajstić information content (AvgIpc) is 2.07. The molecule has 0 aromatic heterocycles. The van der Waals surface area contributed by atoms with E-state index in [1.165, 1.54) is 0 Å². The van der Waals surface area contributed by atoms with E-state index in [1.807, 2.05) is 0 Å². The van der Waals surface area contributed by atoms with Crippen LogP contribution in [0, 0.1) is 5.41 Å². The molecule has 0 saturated carbocycles. The van der Waals surface area contributed by atoms with E-state index in [2.05, 4.69) is 13.8 Å². The summed E-state index contributed by atoms with van der Waals surface area (Å²) in [5.74, 6) is -0.763. The summed E-state index contributed by atoms with van der Waals surface area (Å²) in [5.41, 5.74) is 0.0866. The van der Waals surface area contributed by atoms with Gasteiger partial charge in [-0.1, -0.05) is 13.8 Å². The summed E-state index contributed by atoms with van der Waals surface area (Å²) in [5, 5.41) is 8.44. The van der Waals surface area contributed by atoms with Gasteiger partial charge in [0.1, 0.15) is 0 Å². The van der Waals surface area contributed by atoms with E-state index >= 15 is 0 Å². The third-order valence-electron chi connectivity index (χ3n) is 2.15. The molecule has 0 spiro atoms. The zero-order chi connectivity index (χ0) is 10.6. The van der Waals surface area contributed by atoms with Gasteiger partial charge in [0.2, 0.25) is 0 Å². The summed E-state index contributed by atoms with van der Waals surface area (Å²) in [6.07, 6.45) is 1.26. The van der Waals surface area contributed by atoms with Crippen molar-refractivity contribution in [1.29, 1.82) is 0 Å². The van der Waals surface area contributed by atoms with Crippen molar-refractivity contribution in [2.75, 3.05) is 13.2 Å². The molecule has 1 aliphatic rings. The summed E-state index contributed by atoms with van der Waals surface area (Å²) < 4.78 is 10.9. The van der Waals surface area contributed by atoms with E-state index in [0.717, 1.165) is 0 Å². The highest BCUT2D eigenvalue weighted by atomic mass is 16.7. The second-order valence-corrected chi connectivity index (χ2v) is 4.50. The molecule has 0 bridgehead atoms. The van der Waals surface area contributed by atoms with Gasteiger partial charge in [-0.2, -0.15) is 0 Å². The zero-order valence-electron chi connectivity index (χ0n) is 8.78. The number of aliphatic carboxylic acids is 1. The Balaban J connectivity index is 2.13. The summed E-state index contributed by atoms with van der Waals surface area (Å²) in [6, 6.07) is 0. The van der Waals surface area contributed by atoms with Crippen molar-refractivity contribution in [3.63, 3.8) is 0 Å². The molecule has 0 aromatic carbocycles. The van der Waals surface area contributed by atoms with Gasteiger partial charge in [-0.3, -0.25) is 4.79 Å². The lowest BCUT2D eigenvalue weighted by atomic mass is 9.95. The fraction of sp³-hybridized carbons (Fsp3) is 0.900. The topological polar surface area (TPSA) is 55.8 Å². The molecule has 1 fully saturated rings. The maximum atomic E-state index is 10.3. The summed E-state index contributed by atoms with van der Waals surface area (Å²) in [7, 11) is 0. The Labute approximate surface area is 84.2 Å². The maximum Gasteiger partial charge on any atom is 0.303 e. The molecule has 0 radical (unpaired) electrons. The Kier molecular flexibility index (Phi) is 3.89. The minimum Gasteiger partial charge on any atom is -0.481 e. The van der Waals surface area contributed by atoms with Crippen LogP contribution >= 0.6 is 0 Å². The molecule has 4 nitrogen and oxygen atoms in total. The number of carboxylic acid groups (broad SMARTS) is 1. The lowest BCUT2D eigenvalue weighted by Crippen LogP contribution is -2.37. The molecule has 1 aliphatic heterocycles. The van der Waals surface area contributed by atoms with E-state index in [1.54, 1.807) is 0 Å². The zero-order valence-corrected chi connectivity index (χ0v) is 8.78. The van der Waals surface area contributed by atoms with Crippen LogP contribution in [0.15, 0.2) is 0 Å². The smallest absolute Gasteiger partial charge is 0.303 e. The van der Waals surface area contributed by atoms with Gasteiger partial charge in [-0.25, -0.2) is 0 Å². The Morgan fingerprint density at radius 1 is 1.43 bits per heavy atom. The first-order valence-corrected chi connectivity index (χ1v) is 4.95. The van der Waals surface area contributed by atoms with Gasteiger partial charge in [-0.05, 0) is 12.8 Å². The van der Waals surface area contributed by atoms with Gasteiger partial charge >= 0.3 is 5.97 Å². The Hall–Kier alpha value is -0.610. The van der Waals surface area contributed by atoms with Crippen LogP contribution in [0.1, 0.15) is 33.1 Å². The van der Waals surface area contributed by atoms with E-state index in [0.29, 0.717) is 26.1 Å². The monoisotopic (exact) mass is 202 g/mol. The molecule has 4 heteroatoms. The fourth-order valence-corrected chi connectivity index (χ4v) is 1.31. The molecular formula is C10H18O4. The van der Waals surface area contributed by atoms with Gasteiger partial charge in [-0.15, -0.1) is 0 Å². The van der Waals surface area contributed by atoms with Crippen LogP contribution < -0.4 is 0 Å². The second kappa shape index (κ2) is 4.75. The maximum absolute atomic E-state index is 10.3. The number of carbonyl (C=O) groups is 1. The van der Waals surface area contributed by atoms with E-state index in [4.69, 9.17) is 14.6 Å². The molecule has 0 amide bonds. The molecule has 82 valence electrons. The van der Waals surface area contributed by atoms with Crippen molar-refractivity contribution in [3.05, 3.63) is 0 Å². The lowest BCUT2D eigenvalue weighted by molar-refractivity contribution is -0.224. The first-order chi connectivity index (χ1) is 6.49. The van der Waals surface area contributed by atoms with Crippen LogP contribution in [0.3, 0.4) is 0 Å². The highest BCUT2D eigenvalue weighted by Gasteiger charge is 2.27. The van der Waals surface area contributed by atoms with Crippen LogP contribution in [-0.4, -0.2) is 30.6 Å². The fourth-order valence-electron chi connectivity index (χ4n) is 1.31. The molecule has 0 aliphatic carbocycles. The molecule has 1 saturated heterocycles. The molecule has 0 unspecified atom stereocenters. The van der Waals surface area contributed by atoms with E-state index in [9.17, 15) is 4.79 Å². The van der Waals surface area contributed by atoms with Crippen molar-refractivity contribution >= 4 is 5.97 Å². The minimum atomic E-state index is -0.763. The molecule has 1 N–H and O–H groups in total. The van der Waals surface area contributed by atoms with Crippen molar-refractivity contribution in [2.45, 2.75) is 39.4 Å². The third kappa shape index (κ3) is 4.07. The summed E-state index contributed by atoms with van der Waals surface area (Å²) >= 11 is 0. The molecule has 1 rings (SSSR count). The van der Waals surface area contributed by atoms with Gasteiger partial charge < -0.3 is 14.6 Å². The lowest BCUT2D eigenvalue weighted by Gasteiger charge is -2.34. The highest BCUT2D eigenvalue weighted by molar-refractivity contribution is 5.66. The molecule has 14 heavy (non-hydrogen) atoms. The predicted octanol–water partition coefficient (Wildman–Crippen LogP) is 1.64. The van der Waals surface area contributed by atoms with Crippen molar-refractivity contribution in [1.82, 2.24) is 0 Å². The third-order valence-corrected chi connectivity index (χ3v) is 2.15. The molecule has 1 heterocycles. The highest BCUT2D eigenvalue weighted by Crippen LogP contribution is 2.24. The largest absolute Gasteiger partial charge is 0.481 e. The number of hydrogen-bond acceptors (Lipinski definition) is 3. The van der Waals surface area contributed by atoms with Gasteiger partial charge in [0.05, 0.1) is 13.2 Å². The number of carboxylic acids is 1. The Morgan fingerprint density at radius 2 is 2.00 bits per heavy atom. The van der Waals surface area contributed by atoms with Crippen LogP contribution in [-0.2, 0) is 14.3 Å². The van der Waals surface area contributed by atoms with Crippen LogP contribution in [0.25, 0.3) is 0 Å².